The van der Waals surface area contributed by atoms with Crippen molar-refractivity contribution in [3.05, 3.63) is 0 Å². The average Bonchev–Trinajstić information content (AvgIpc) is 2.53. The van der Waals surface area contributed by atoms with E-state index in [1.165, 1.54) is 6.42 Å². The van der Waals surface area contributed by atoms with Gasteiger partial charge in [0.05, 0.1) is 12.1 Å². The summed E-state index contributed by atoms with van der Waals surface area (Å²) in [6.07, 6.45) is 8.80. The van der Waals surface area contributed by atoms with E-state index in [-0.39, 0.29) is 11.3 Å². The Morgan fingerprint density at radius 3 is 2.05 bits per heavy atom. The zero-order chi connectivity index (χ0) is 16.3. The first-order chi connectivity index (χ1) is 10.4. The summed E-state index contributed by atoms with van der Waals surface area (Å²) in [7, 11) is 0. The van der Waals surface area contributed by atoms with Gasteiger partial charge in [0.1, 0.15) is 0 Å². The highest BCUT2D eigenvalue weighted by atomic mass is 15.2. The quantitative estimate of drug-likeness (QED) is 0.660. The molecule has 2 fully saturated rings. The van der Waals surface area contributed by atoms with Crippen molar-refractivity contribution < 1.29 is 0 Å². The van der Waals surface area contributed by atoms with Gasteiger partial charge in [0, 0.05) is 5.92 Å². The molecular weight excluding hydrogens is 272 g/mol. The first kappa shape index (κ1) is 16.9. The minimum Gasteiger partial charge on any atom is -0.196 e. The molecular formula is C18H28N4. The van der Waals surface area contributed by atoms with E-state index in [4.69, 9.17) is 0 Å². The summed E-state index contributed by atoms with van der Waals surface area (Å²) in [5.74, 6) is 0.210. The molecule has 0 radical (unpaired) electrons. The first-order valence-corrected chi connectivity index (χ1v) is 8.64. The van der Waals surface area contributed by atoms with Crippen LogP contribution in [0.2, 0.25) is 0 Å². The zero-order valence-corrected chi connectivity index (χ0v) is 14.2. The van der Waals surface area contributed by atoms with Gasteiger partial charge in [0.25, 0.3) is 0 Å². The fourth-order valence-corrected chi connectivity index (χ4v) is 4.14. The van der Waals surface area contributed by atoms with Crippen LogP contribution in [0.15, 0.2) is 10.2 Å². The maximum atomic E-state index is 9.87. The Bertz CT molecular complexity index is 497. The third-order valence-electron chi connectivity index (χ3n) is 5.42. The van der Waals surface area contributed by atoms with Gasteiger partial charge in [0.2, 0.25) is 0 Å². The van der Waals surface area contributed by atoms with Gasteiger partial charge in [-0.15, -0.1) is 0 Å². The summed E-state index contributed by atoms with van der Waals surface area (Å²) in [4.78, 5) is 0. The molecule has 0 saturated heterocycles. The number of rotatable bonds is 2. The summed E-state index contributed by atoms with van der Waals surface area (Å²) in [6.45, 7) is 6.56. The highest BCUT2D eigenvalue weighted by Crippen LogP contribution is 2.47. The van der Waals surface area contributed by atoms with E-state index in [1.54, 1.807) is 0 Å². The van der Waals surface area contributed by atoms with Crippen LogP contribution in [0.3, 0.4) is 0 Å². The van der Waals surface area contributed by atoms with Crippen molar-refractivity contribution in [1.29, 1.82) is 10.5 Å². The molecule has 0 aromatic carbocycles. The molecule has 2 atom stereocenters. The smallest absolute Gasteiger partial charge is 0.170 e. The van der Waals surface area contributed by atoms with Crippen molar-refractivity contribution in [3.8, 4) is 12.1 Å². The summed E-state index contributed by atoms with van der Waals surface area (Å²) in [5, 5.41) is 28.5. The lowest BCUT2D eigenvalue weighted by atomic mass is 9.63. The standard InChI is InChI=1S/C18H28N4/c1-16(2,3)15-9-5-8-12-18(15,14-20)22-21-17(13-19)10-6-4-7-11-17/h15H,4-12H2,1-3H3. The minimum absolute atomic E-state index is 0.0293. The molecule has 0 aromatic heterocycles. The molecule has 0 amide bonds. The van der Waals surface area contributed by atoms with Crippen molar-refractivity contribution in [3.63, 3.8) is 0 Å². The van der Waals surface area contributed by atoms with Crippen LogP contribution in [-0.4, -0.2) is 11.1 Å². The van der Waals surface area contributed by atoms with Gasteiger partial charge in [0.15, 0.2) is 11.1 Å². The lowest BCUT2D eigenvalue weighted by molar-refractivity contribution is 0.108. The first-order valence-electron chi connectivity index (χ1n) is 8.64. The molecule has 2 rings (SSSR count). The molecule has 0 spiro atoms. The van der Waals surface area contributed by atoms with Crippen LogP contribution in [0, 0.1) is 34.0 Å². The van der Waals surface area contributed by atoms with Crippen molar-refractivity contribution in [2.24, 2.45) is 21.6 Å². The molecule has 2 unspecified atom stereocenters. The Morgan fingerprint density at radius 2 is 1.50 bits per heavy atom. The normalized spacial score (nSPS) is 32.3. The molecule has 4 nitrogen and oxygen atoms in total. The van der Waals surface area contributed by atoms with Crippen LogP contribution in [0.1, 0.15) is 78.6 Å². The van der Waals surface area contributed by atoms with Crippen molar-refractivity contribution in [2.75, 3.05) is 0 Å². The van der Waals surface area contributed by atoms with Gasteiger partial charge < -0.3 is 0 Å². The third-order valence-corrected chi connectivity index (χ3v) is 5.42. The number of azo groups is 1. The third kappa shape index (κ3) is 3.32. The minimum atomic E-state index is -0.738. The van der Waals surface area contributed by atoms with Gasteiger partial charge in [-0.2, -0.15) is 20.8 Å². The average molecular weight is 300 g/mol. The maximum Gasteiger partial charge on any atom is 0.170 e. The van der Waals surface area contributed by atoms with Crippen LogP contribution < -0.4 is 0 Å². The number of nitrogens with zero attached hydrogens (tertiary/aromatic N) is 4. The summed E-state index contributed by atoms with van der Waals surface area (Å²) in [5.41, 5.74) is -1.39. The Balaban J connectivity index is 2.31. The van der Waals surface area contributed by atoms with E-state index >= 15 is 0 Å². The molecule has 0 aliphatic heterocycles. The fraction of sp³-hybridized carbons (Fsp3) is 0.889. The van der Waals surface area contributed by atoms with E-state index in [0.29, 0.717) is 0 Å². The molecule has 0 aromatic rings. The maximum absolute atomic E-state index is 9.87. The van der Waals surface area contributed by atoms with Crippen LogP contribution in [-0.2, 0) is 0 Å². The lowest BCUT2D eigenvalue weighted by Gasteiger charge is -2.43. The lowest BCUT2D eigenvalue weighted by Crippen LogP contribution is -2.45. The van der Waals surface area contributed by atoms with Crippen molar-refractivity contribution in [1.82, 2.24) is 0 Å². The molecule has 0 bridgehead atoms. The van der Waals surface area contributed by atoms with E-state index < -0.39 is 11.1 Å². The van der Waals surface area contributed by atoms with Crippen molar-refractivity contribution in [2.45, 2.75) is 89.6 Å². The van der Waals surface area contributed by atoms with Gasteiger partial charge in [-0.05, 0) is 50.4 Å². The van der Waals surface area contributed by atoms with E-state index in [1.807, 2.05) is 0 Å². The highest BCUT2D eigenvalue weighted by molar-refractivity contribution is 5.16. The molecule has 4 heteroatoms. The van der Waals surface area contributed by atoms with E-state index in [9.17, 15) is 10.5 Å². The number of hydrogen-bond acceptors (Lipinski definition) is 4. The summed E-state index contributed by atoms with van der Waals surface area (Å²) < 4.78 is 0. The molecule has 0 heterocycles. The SMILES string of the molecule is CC(C)(C)C1CCCCC1(C#N)N=NC1(C#N)CCCCC1. The molecule has 2 saturated carbocycles. The van der Waals surface area contributed by atoms with Gasteiger partial charge in [-0.1, -0.05) is 33.6 Å². The number of hydrogen-bond donors (Lipinski definition) is 0. The second kappa shape index (κ2) is 6.37. The van der Waals surface area contributed by atoms with Crippen molar-refractivity contribution >= 4 is 0 Å². The molecule has 2 aliphatic carbocycles. The monoisotopic (exact) mass is 300 g/mol. The molecule has 120 valence electrons. The highest BCUT2D eigenvalue weighted by Gasteiger charge is 2.48. The van der Waals surface area contributed by atoms with E-state index in [0.717, 1.165) is 51.4 Å². The Morgan fingerprint density at radius 1 is 0.864 bits per heavy atom. The van der Waals surface area contributed by atoms with Crippen LogP contribution in [0.5, 0.6) is 0 Å². The van der Waals surface area contributed by atoms with Crippen LogP contribution in [0.25, 0.3) is 0 Å². The Kier molecular flexibility index (Phi) is 4.90. The summed E-state index contributed by atoms with van der Waals surface area (Å²) in [6, 6.07) is 4.87. The summed E-state index contributed by atoms with van der Waals surface area (Å²) >= 11 is 0. The van der Waals surface area contributed by atoms with Crippen LogP contribution in [0.4, 0.5) is 0 Å². The fourth-order valence-electron chi connectivity index (χ4n) is 4.14. The van der Waals surface area contributed by atoms with Crippen LogP contribution >= 0.6 is 0 Å². The van der Waals surface area contributed by atoms with E-state index in [2.05, 4.69) is 43.1 Å². The largest absolute Gasteiger partial charge is 0.196 e. The predicted octanol–water partition coefficient (Wildman–Crippen LogP) is 5.16. The number of nitriles is 2. The van der Waals surface area contributed by atoms with Gasteiger partial charge in [-0.25, -0.2) is 0 Å². The Labute approximate surface area is 134 Å². The molecule has 2 aliphatic rings. The Hall–Kier alpha value is -1.42. The van der Waals surface area contributed by atoms with Gasteiger partial charge in [-0.3, -0.25) is 0 Å². The van der Waals surface area contributed by atoms with Gasteiger partial charge >= 0.3 is 0 Å². The predicted molar refractivity (Wildman–Crippen MR) is 86.0 cm³/mol. The topological polar surface area (TPSA) is 72.3 Å². The molecule has 22 heavy (non-hydrogen) atoms. The molecule has 0 N–H and O–H groups in total. The second-order valence-electron chi connectivity index (χ2n) is 8.10. The second-order valence-corrected chi connectivity index (χ2v) is 8.10. The zero-order valence-electron chi connectivity index (χ0n) is 14.2.